The number of hydrogen-bond donors (Lipinski definition) is 1. The Morgan fingerprint density at radius 3 is 2.94 bits per heavy atom. The highest BCUT2D eigenvalue weighted by Crippen LogP contribution is 2.22. The molecule has 0 amide bonds. The molecule has 0 aliphatic carbocycles. The van der Waals surface area contributed by atoms with E-state index in [0.717, 1.165) is 22.5 Å². The first-order valence-corrected chi connectivity index (χ1v) is 5.80. The molecular formula is C12H10ClN5. The minimum Gasteiger partial charge on any atom is -0.372 e. The second kappa shape index (κ2) is 4.27. The molecule has 0 spiro atoms. The van der Waals surface area contributed by atoms with Gasteiger partial charge in [-0.1, -0.05) is 17.7 Å². The zero-order chi connectivity index (χ0) is 12.5. The van der Waals surface area contributed by atoms with E-state index in [4.69, 9.17) is 11.6 Å². The van der Waals surface area contributed by atoms with Crippen LogP contribution in [-0.2, 0) is 0 Å². The first-order chi connectivity index (χ1) is 8.79. The summed E-state index contributed by atoms with van der Waals surface area (Å²) in [5.74, 6) is 0.758. The number of fused-ring (bicyclic) bond motifs is 1. The van der Waals surface area contributed by atoms with Gasteiger partial charge in [-0.2, -0.15) is 5.10 Å². The Kier molecular flexibility index (Phi) is 2.60. The van der Waals surface area contributed by atoms with Crippen LogP contribution in [0.2, 0.25) is 5.02 Å². The summed E-state index contributed by atoms with van der Waals surface area (Å²) < 4.78 is 1.74. The summed E-state index contributed by atoms with van der Waals surface area (Å²) in [7, 11) is 1.82. The smallest absolute Gasteiger partial charge is 0.168 e. The molecule has 3 rings (SSSR count). The fourth-order valence-corrected chi connectivity index (χ4v) is 2.02. The first-order valence-electron chi connectivity index (χ1n) is 5.42. The van der Waals surface area contributed by atoms with Crippen molar-refractivity contribution in [3.8, 4) is 5.69 Å². The van der Waals surface area contributed by atoms with E-state index in [1.165, 1.54) is 6.33 Å². The van der Waals surface area contributed by atoms with Crippen LogP contribution in [0.15, 0.2) is 36.8 Å². The third-order valence-electron chi connectivity index (χ3n) is 2.66. The highest BCUT2D eigenvalue weighted by atomic mass is 35.5. The molecule has 18 heavy (non-hydrogen) atoms. The van der Waals surface area contributed by atoms with Gasteiger partial charge >= 0.3 is 0 Å². The molecule has 0 atom stereocenters. The Bertz CT molecular complexity index is 707. The summed E-state index contributed by atoms with van der Waals surface area (Å²) in [5, 5.41) is 8.89. The summed E-state index contributed by atoms with van der Waals surface area (Å²) in [4.78, 5) is 8.41. The zero-order valence-corrected chi connectivity index (χ0v) is 10.4. The van der Waals surface area contributed by atoms with Gasteiger partial charge in [-0.3, -0.25) is 0 Å². The Hall–Kier alpha value is -2.14. The maximum Gasteiger partial charge on any atom is 0.168 e. The maximum absolute atomic E-state index is 5.99. The van der Waals surface area contributed by atoms with Crippen LogP contribution >= 0.6 is 11.6 Å². The van der Waals surface area contributed by atoms with Crippen molar-refractivity contribution in [3.05, 3.63) is 41.8 Å². The lowest BCUT2D eigenvalue weighted by atomic mass is 10.3. The first kappa shape index (κ1) is 11.0. The number of aromatic nitrogens is 4. The average Bonchev–Trinajstić information content (AvgIpc) is 2.82. The number of nitrogens with zero attached hydrogens (tertiary/aromatic N) is 4. The molecule has 0 radical (unpaired) electrons. The Labute approximate surface area is 108 Å². The van der Waals surface area contributed by atoms with E-state index in [1.54, 1.807) is 10.9 Å². The summed E-state index contributed by atoms with van der Waals surface area (Å²) in [6.07, 6.45) is 3.25. The predicted molar refractivity (Wildman–Crippen MR) is 71.2 cm³/mol. The van der Waals surface area contributed by atoms with E-state index in [9.17, 15) is 0 Å². The van der Waals surface area contributed by atoms with Crippen LogP contribution in [-0.4, -0.2) is 26.8 Å². The molecule has 0 aliphatic heterocycles. The Morgan fingerprint density at radius 1 is 1.28 bits per heavy atom. The fraction of sp³-hybridized carbons (Fsp3) is 0.0833. The third kappa shape index (κ3) is 1.69. The number of nitrogens with one attached hydrogen (secondary N) is 1. The molecule has 1 aromatic carbocycles. The lowest BCUT2D eigenvalue weighted by Crippen LogP contribution is -1.99. The van der Waals surface area contributed by atoms with Crippen molar-refractivity contribution in [1.82, 2.24) is 19.7 Å². The van der Waals surface area contributed by atoms with Crippen molar-refractivity contribution >= 4 is 28.5 Å². The quantitative estimate of drug-likeness (QED) is 0.768. The largest absolute Gasteiger partial charge is 0.372 e. The van der Waals surface area contributed by atoms with Gasteiger partial charge in [0.05, 0.1) is 17.3 Å². The molecule has 0 aliphatic rings. The molecule has 2 aromatic heterocycles. The molecule has 90 valence electrons. The molecule has 0 saturated carbocycles. The van der Waals surface area contributed by atoms with Crippen molar-refractivity contribution in [1.29, 1.82) is 0 Å². The van der Waals surface area contributed by atoms with Gasteiger partial charge in [0.1, 0.15) is 12.1 Å². The average molecular weight is 260 g/mol. The van der Waals surface area contributed by atoms with Gasteiger partial charge in [-0.05, 0) is 18.2 Å². The second-order valence-electron chi connectivity index (χ2n) is 3.75. The molecule has 0 saturated heterocycles. The normalized spacial score (nSPS) is 10.8. The molecule has 2 heterocycles. The van der Waals surface area contributed by atoms with Crippen LogP contribution in [0.4, 0.5) is 5.82 Å². The molecule has 0 bridgehead atoms. The Balaban J connectivity index is 2.25. The number of anilines is 1. The minimum atomic E-state index is 0.666. The van der Waals surface area contributed by atoms with Crippen molar-refractivity contribution in [3.63, 3.8) is 0 Å². The minimum absolute atomic E-state index is 0.666. The van der Waals surface area contributed by atoms with Crippen molar-refractivity contribution < 1.29 is 0 Å². The van der Waals surface area contributed by atoms with Gasteiger partial charge in [0.25, 0.3) is 0 Å². The Morgan fingerprint density at radius 2 is 2.17 bits per heavy atom. The van der Waals surface area contributed by atoms with Gasteiger partial charge in [0.2, 0.25) is 0 Å². The molecule has 0 unspecified atom stereocenters. The summed E-state index contributed by atoms with van der Waals surface area (Å²) in [5.41, 5.74) is 1.62. The van der Waals surface area contributed by atoms with E-state index in [2.05, 4.69) is 20.4 Å². The molecule has 5 nitrogen and oxygen atoms in total. The van der Waals surface area contributed by atoms with Crippen LogP contribution in [0.25, 0.3) is 16.7 Å². The van der Waals surface area contributed by atoms with E-state index in [0.29, 0.717) is 5.02 Å². The van der Waals surface area contributed by atoms with Gasteiger partial charge in [-0.25, -0.2) is 14.6 Å². The highest BCUT2D eigenvalue weighted by Gasteiger charge is 2.09. The van der Waals surface area contributed by atoms with Crippen LogP contribution in [0, 0.1) is 0 Å². The van der Waals surface area contributed by atoms with E-state index in [-0.39, 0.29) is 0 Å². The number of rotatable bonds is 2. The second-order valence-corrected chi connectivity index (χ2v) is 4.18. The van der Waals surface area contributed by atoms with Crippen molar-refractivity contribution in [2.75, 3.05) is 12.4 Å². The molecule has 3 aromatic rings. The lowest BCUT2D eigenvalue weighted by Gasteiger charge is -2.04. The summed E-state index contributed by atoms with van der Waals surface area (Å²) in [6.45, 7) is 0. The predicted octanol–water partition coefficient (Wildman–Crippen LogP) is 2.51. The van der Waals surface area contributed by atoms with E-state index in [1.807, 2.05) is 31.3 Å². The number of hydrogen-bond acceptors (Lipinski definition) is 4. The van der Waals surface area contributed by atoms with Crippen molar-refractivity contribution in [2.45, 2.75) is 0 Å². The van der Waals surface area contributed by atoms with Crippen LogP contribution in [0.3, 0.4) is 0 Å². The van der Waals surface area contributed by atoms with E-state index >= 15 is 0 Å². The summed E-state index contributed by atoms with van der Waals surface area (Å²) in [6, 6.07) is 7.48. The lowest BCUT2D eigenvalue weighted by molar-refractivity contribution is 0.895. The maximum atomic E-state index is 5.99. The molecule has 0 fully saturated rings. The van der Waals surface area contributed by atoms with Crippen molar-refractivity contribution in [2.24, 2.45) is 0 Å². The molecular weight excluding hydrogens is 250 g/mol. The summed E-state index contributed by atoms with van der Waals surface area (Å²) >= 11 is 5.99. The highest BCUT2D eigenvalue weighted by molar-refractivity contribution is 6.30. The van der Waals surface area contributed by atoms with Crippen LogP contribution in [0.5, 0.6) is 0 Å². The van der Waals surface area contributed by atoms with Crippen LogP contribution < -0.4 is 5.32 Å². The molecule has 1 N–H and O–H groups in total. The van der Waals surface area contributed by atoms with Gasteiger partial charge in [0.15, 0.2) is 5.65 Å². The van der Waals surface area contributed by atoms with Gasteiger partial charge < -0.3 is 5.32 Å². The fourth-order valence-electron chi connectivity index (χ4n) is 1.84. The number of halogens is 1. The molecule has 6 heteroatoms. The topological polar surface area (TPSA) is 55.6 Å². The SMILES string of the molecule is CNc1ncnc2c1cnn2-c1cccc(Cl)c1. The number of benzene rings is 1. The van der Waals surface area contributed by atoms with E-state index < -0.39 is 0 Å². The third-order valence-corrected chi connectivity index (χ3v) is 2.89. The van der Waals surface area contributed by atoms with Crippen LogP contribution in [0.1, 0.15) is 0 Å². The zero-order valence-electron chi connectivity index (χ0n) is 9.63. The van der Waals surface area contributed by atoms with Gasteiger partial charge in [-0.15, -0.1) is 0 Å². The standard InChI is InChI=1S/C12H10ClN5/c1-14-11-10-6-17-18(12(10)16-7-15-11)9-4-2-3-8(13)5-9/h2-7H,1H3,(H,14,15,16). The monoisotopic (exact) mass is 259 g/mol. The van der Waals surface area contributed by atoms with Gasteiger partial charge in [0, 0.05) is 12.1 Å².